The van der Waals surface area contributed by atoms with Crippen LogP contribution in [0.4, 0.5) is 0 Å². The van der Waals surface area contributed by atoms with E-state index in [0.717, 1.165) is 11.3 Å². The summed E-state index contributed by atoms with van der Waals surface area (Å²) in [5, 5.41) is 10.5. The van der Waals surface area contributed by atoms with Crippen molar-refractivity contribution in [2.45, 2.75) is 51.9 Å². The molecule has 6 rings (SSSR count). The number of nitrogens with zero attached hydrogens (tertiary/aromatic N) is 3. The van der Waals surface area contributed by atoms with Crippen molar-refractivity contribution >= 4 is 17.7 Å². The second-order valence-corrected chi connectivity index (χ2v) is 10.4. The molecule has 3 aromatic rings. The summed E-state index contributed by atoms with van der Waals surface area (Å²) in [7, 11) is 1.49. The molecule has 0 unspecified atom stereocenters. The summed E-state index contributed by atoms with van der Waals surface area (Å²) in [6, 6.07) is 13.5. The van der Waals surface area contributed by atoms with Gasteiger partial charge in [-0.05, 0) is 54.8 Å². The number of ether oxygens (including phenoxy) is 3. The Morgan fingerprint density at radius 1 is 1.12 bits per heavy atom. The van der Waals surface area contributed by atoms with Crippen LogP contribution in [0.3, 0.4) is 0 Å². The van der Waals surface area contributed by atoms with Crippen molar-refractivity contribution in [3.05, 3.63) is 71.0 Å². The highest BCUT2D eigenvalue weighted by atomic mass is 16.5. The number of hydrogen-bond acceptors (Lipinski definition) is 7. The van der Waals surface area contributed by atoms with E-state index in [4.69, 9.17) is 14.2 Å². The van der Waals surface area contributed by atoms with E-state index in [0.29, 0.717) is 35.8 Å². The van der Waals surface area contributed by atoms with Crippen molar-refractivity contribution in [1.82, 2.24) is 25.3 Å². The summed E-state index contributed by atoms with van der Waals surface area (Å²) >= 11 is 0. The molecule has 41 heavy (non-hydrogen) atoms. The molecule has 1 fully saturated rings. The van der Waals surface area contributed by atoms with Crippen LogP contribution in [-0.4, -0.2) is 71.4 Å². The molecule has 0 radical (unpaired) electrons. The van der Waals surface area contributed by atoms with E-state index < -0.39 is 12.1 Å². The third-order valence-corrected chi connectivity index (χ3v) is 7.26. The maximum absolute atomic E-state index is 13.7. The molecule has 1 aromatic heterocycles. The number of methoxy groups -OCH3 is 1. The average Bonchev–Trinajstić information content (AvgIpc) is 3.59. The molecule has 2 atom stereocenters. The number of hydrogen-bond donors (Lipinski definition) is 2. The van der Waals surface area contributed by atoms with Crippen LogP contribution in [0.5, 0.6) is 17.2 Å². The maximum atomic E-state index is 13.7. The lowest BCUT2D eigenvalue weighted by Crippen LogP contribution is -2.45. The van der Waals surface area contributed by atoms with Crippen molar-refractivity contribution in [1.29, 1.82) is 0 Å². The Kier molecular flexibility index (Phi) is 8.14. The van der Waals surface area contributed by atoms with Crippen molar-refractivity contribution in [3.63, 3.8) is 0 Å². The minimum Gasteiger partial charge on any atom is -0.493 e. The molecule has 11 nitrogen and oxygen atoms in total. The minimum absolute atomic E-state index is 0.162. The van der Waals surface area contributed by atoms with Crippen LogP contribution >= 0.6 is 0 Å². The van der Waals surface area contributed by atoms with Gasteiger partial charge in [0.2, 0.25) is 0 Å². The summed E-state index contributed by atoms with van der Waals surface area (Å²) in [6.07, 6.45) is -0.499. The number of rotatable bonds is 4. The zero-order chi connectivity index (χ0) is 29.1. The fourth-order valence-corrected chi connectivity index (χ4v) is 4.93. The smallest absolute Gasteiger partial charge is 0.272 e. The molecule has 2 N–H and O–H groups in total. The third-order valence-electron chi connectivity index (χ3n) is 7.26. The van der Waals surface area contributed by atoms with Crippen molar-refractivity contribution in [2.24, 2.45) is 0 Å². The average molecular weight is 562 g/mol. The van der Waals surface area contributed by atoms with Crippen LogP contribution in [0.25, 0.3) is 0 Å². The standard InChI is InChI=1S/C30H35N5O6/c1-5-35-24(13-22(33-35)18(2)3)30(38)34-15-23-27(16-34)41-21-9-6-19(7-10-21)14-31-28(36)17-40-26-12-20(29(37)32-23)8-11-25(26)39-4/h6-13,18,23,27H,5,14-17H2,1-4H3,(H,31,36)(H,32,37)/t23-,27-/m0/s1. The van der Waals surface area contributed by atoms with Gasteiger partial charge in [-0.25, -0.2) is 0 Å². The fraction of sp³-hybridized carbons (Fsp3) is 0.400. The van der Waals surface area contributed by atoms with Crippen LogP contribution in [0.2, 0.25) is 0 Å². The number of benzene rings is 2. The first-order chi connectivity index (χ1) is 19.7. The first-order valence-corrected chi connectivity index (χ1v) is 13.8. The zero-order valence-corrected chi connectivity index (χ0v) is 23.7. The van der Waals surface area contributed by atoms with Crippen molar-refractivity contribution < 1.29 is 28.6 Å². The summed E-state index contributed by atoms with van der Waals surface area (Å²) < 4.78 is 19.1. The number of likely N-dealkylation sites (tertiary alicyclic amines) is 1. The predicted molar refractivity (Wildman–Crippen MR) is 150 cm³/mol. The van der Waals surface area contributed by atoms with Gasteiger partial charge in [0, 0.05) is 25.2 Å². The van der Waals surface area contributed by atoms with Gasteiger partial charge in [-0.1, -0.05) is 26.0 Å². The van der Waals surface area contributed by atoms with Gasteiger partial charge in [0.15, 0.2) is 18.1 Å². The molecule has 0 spiro atoms. The lowest BCUT2D eigenvalue weighted by molar-refractivity contribution is -0.123. The first-order valence-electron chi connectivity index (χ1n) is 13.8. The third kappa shape index (κ3) is 6.13. The number of carbonyl (C=O) groups is 3. The number of aromatic nitrogens is 2. The topological polar surface area (TPSA) is 124 Å². The van der Waals surface area contributed by atoms with E-state index in [2.05, 4.69) is 15.7 Å². The van der Waals surface area contributed by atoms with Gasteiger partial charge in [0.25, 0.3) is 17.7 Å². The Labute approximate surface area is 238 Å². The molecule has 1 saturated heterocycles. The molecule has 4 heterocycles. The van der Waals surface area contributed by atoms with Crippen LogP contribution in [0.1, 0.15) is 58.8 Å². The SMILES string of the molecule is CCn1nc(C(C)C)cc1C(=O)N1C[C@@H]2NC(=O)c3ccc(OC)c(c3)OCC(=O)NCc3ccc(cc3)O[C@H]2C1. The van der Waals surface area contributed by atoms with E-state index in [-0.39, 0.29) is 49.1 Å². The predicted octanol–water partition coefficient (Wildman–Crippen LogP) is 2.75. The molecule has 0 aliphatic carbocycles. The van der Waals surface area contributed by atoms with Gasteiger partial charge in [-0.3, -0.25) is 19.1 Å². The van der Waals surface area contributed by atoms with Crippen LogP contribution in [0.15, 0.2) is 48.5 Å². The van der Waals surface area contributed by atoms with Gasteiger partial charge in [0.05, 0.1) is 25.4 Å². The van der Waals surface area contributed by atoms with Crippen LogP contribution in [0, 0.1) is 0 Å². The molecule has 11 heteroatoms. The number of amides is 3. The quantitative estimate of drug-likeness (QED) is 0.502. The number of nitrogens with one attached hydrogen (secondary N) is 2. The zero-order valence-electron chi connectivity index (χ0n) is 23.7. The number of aryl methyl sites for hydroxylation is 1. The van der Waals surface area contributed by atoms with Crippen LogP contribution < -0.4 is 24.8 Å². The van der Waals surface area contributed by atoms with E-state index in [1.54, 1.807) is 21.7 Å². The second-order valence-electron chi connectivity index (χ2n) is 10.4. The van der Waals surface area contributed by atoms with E-state index in [9.17, 15) is 14.4 Å². The van der Waals surface area contributed by atoms with E-state index in [1.807, 2.05) is 51.1 Å². The molecule has 3 amide bonds. The lowest BCUT2D eigenvalue weighted by atomic mass is 10.1. The normalized spacial score (nSPS) is 19.1. The summed E-state index contributed by atoms with van der Waals surface area (Å²) in [5.74, 6) is 0.615. The first kappa shape index (κ1) is 28.0. The van der Waals surface area contributed by atoms with Gasteiger partial charge in [-0.2, -0.15) is 5.10 Å². The lowest BCUT2D eigenvalue weighted by Gasteiger charge is -2.21. The van der Waals surface area contributed by atoms with Gasteiger partial charge in [-0.15, -0.1) is 0 Å². The molecule has 0 saturated carbocycles. The largest absolute Gasteiger partial charge is 0.493 e. The van der Waals surface area contributed by atoms with E-state index >= 15 is 0 Å². The van der Waals surface area contributed by atoms with Gasteiger partial charge >= 0.3 is 0 Å². The molecule has 3 aliphatic rings. The minimum atomic E-state index is -0.499. The van der Waals surface area contributed by atoms with Crippen molar-refractivity contribution in [3.8, 4) is 17.2 Å². The van der Waals surface area contributed by atoms with Gasteiger partial charge in [0.1, 0.15) is 17.5 Å². The highest BCUT2D eigenvalue weighted by molar-refractivity contribution is 5.96. The number of fused-ring (bicyclic) bond motifs is 7. The molecular weight excluding hydrogens is 526 g/mol. The monoisotopic (exact) mass is 561 g/mol. The van der Waals surface area contributed by atoms with Crippen LogP contribution in [-0.2, 0) is 17.9 Å². The molecule has 216 valence electrons. The highest BCUT2D eigenvalue weighted by Gasteiger charge is 2.39. The van der Waals surface area contributed by atoms with Gasteiger partial charge < -0.3 is 29.7 Å². The second kappa shape index (κ2) is 11.9. The Bertz CT molecular complexity index is 1430. The Morgan fingerprint density at radius 2 is 1.90 bits per heavy atom. The highest BCUT2D eigenvalue weighted by Crippen LogP contribution is 2.29. The van der Waals surface area contributed by atoms with Crippen molar-refractivity contribution in [2.75, 3.05) is 26.8 Å². The number of carbonyl (C=O) groups excluding carboxylic acids is 3. The molecule has 4 bridgehead atoms. The Balaban J connectivity index is 1.45. The maximum Gasteiger partial charge on any atom is 0.272 e. The Hall–Kier alpha value is -4.54. The Morgan fingerprint density at radius 3 is 2.61 bits per heavy atom. The summed E-state index contributed by atoms with van der Waals surface area (Å²) in [5.41, 5.74) is 2.58. The summed E-state index contributed by atoms with van der Waals surface area (Å²) in [6.45, 7) is 7.22. The summed E-state index contributed by atoms with van der Waals surface area (Å²) in [4.78, 5) is 41.2. The van der Waals surface area contributed by atoms with E-state index in [1.165, 1.54) is 13.2 Å². The fourth-order valence-electron chi connectivity index (χ4n) is 4.93. The molecule has 3 aliphatic heterocycles. The molecule has 2 aromatic carbocycles. The molecular formula is C30H35N5O6.